The third kappa shape index (κ3) is 6.58. The van der Waals surface area contributed by atoms with Crippen LogP contribution in [0.1, 0.15) is 12.8 Å². The first-order chi connectivity index (χ1) is 22.4. The number of anilines is 5. The number of methoxy groups -OCH3 is 1. The van der Waals surface area contributed by atoms with E-state index >= 15 is 0 Å². The molecule has 2 N–H and O–H groups in total. The maximum Gasteiger partial charge on any atom is 0.229 e. The van der Waals surface area contributed by atoms with Crippen LogP contribution >= 0.6 is 15.9 Å². The summed E-state index contributed by atoms with van der Waals surface area (Å²) in [5.41, 5.74) is 4.87. The first kappa shape index (κ1) is 30.6. The average molecular weight is 691 g/mol. The predicted molar refractivity (Wildman–Crippen MR) is 183 cm³/mol. The molecule has 4 aromatic rings. The minimum atomic E-state index is 0.430. The van der Waals surface area contributed by atoms with E-state index in [4.69, 9.17) is 19.2 Å². The number of piperazine rings is 1. The van der Waals surface area contributed by atoms with E-state index in [1.54, 1.807) is 13.3 Å². The molecule has 2 aromatic heterocycles. The summed E-state index contributed by atoms with van der Waals surface area (Å²) < 4.78 is 19.9. The second-order valence-electron chi connectivity index (χ2n) is 12.0. The molecule has 46 heavy (non-hydrogen) atoms. The highest BCUT2D eigenvalue weighted by Gasteiger charge is 2.28. The molecule has 0 amide bonds. The lowest BCUT2D eigenvalue weighted by Crippen LogP contribution is -2.52. The number of likely N-dealkylation sites (N-methyl/N-ethyl adjacent to an activating group) is 1. The van der Waals surface area contributed by atoms with Crippen molar-refractivity contribution in [3.63, 3.8) is 0 Å². The molecule has 242 valence electrons. The van der Waals surface area contributed by atoms with Crippen LogP contribution < -0.4 is 29.7 Å². The van der Waals surface area contributed by atoms with E-state index in [0.717, 1.165) is 96.3 Å². The van der Waals surface area contributed by atoms with Crippen molar-refractivity contribution in [2.24, 2.45) is 7.05 Å². The van der Waals surface area contributed by atoms with E-state index in [9.17, 15) is 0 Å². The molecular formula is C33H40BrN9O3. The number of aromatic nitrogens is 4. The summed E-state index contributed by atoms with van der Waals surface area (Å²) in [6.07, 6.45) is 7.98. The van der Waals surface area contributed by atoms with Crippen molar-refractivity contribution < 1.29 is 14.2 Å². The van der Waals surface area contributed by atoms with Crippen molar-refractivity contribution in [1.82, 2.24) is 29.5 Å². The zero-order valence-electron chi connectivity index (χ0n) is 26.5. The van der Waals surface area contributed by atoms with Gasteiger partial charge in [-0.15, -0.1) is 0 Å². The van der Waals surface area contributed by atoms with E-state index in [2.05, 4.69) is 76.7 Å². The Morgan fingerprint density at radius 3 is 2.43 bits per heavy atom. The zero-order valence-corrected chi connectivity index (χ0v) is 28.1. The Morgan fingerprint density at radius 2 is 1.70 bits per heavy atom. The number of fused-ring (bicyclic) bond motifs is 1. The number of nitrogens with zero attached hydrogens (tertiary/aromatic N) is 7. The van der Waals surface area contributed by atoms with Crippen LogP contribution in [0.4, 0.5) is 28.8 Å². The van der Waals surface area contributed by atoms with Gasteiger partial charge < -0.3 is 34.6 Å². The first-order valence-electron chi connectivity index (χ1n) is 15.8. The summed E-state index contributed by atoms with van der Waals surface area (Å²) in [7, 11) is 5.86. The molecule has 0 saturated carbocycles. The van der Waals surface area contributed by atoms with Gasteiger partial charge in [0.05, 0.1) is 23.5 Å². The highest BCUT2D eigenvalue weighted by Crippen LogP contribution is 2.42. The van der Waals surface area contributed by atoms with Crippen LogP contribution in [-0.4, -0.2) is 102 Å². The summed E-state index contributed by atoms with van der Waals surface area (Å²) in [6, 6.07) is 10.6. The maximum atomic E-state index is 5.94. The van der Waals surface area contributed by atoms with Gasteiger partial charge in [0.2, 0.25) is 5.95 Å². The molecular weight excluding hydrogens is 650 g/mol. The van der Waals surface area contributed by atoms with Crippen molar-refractivity contribution in [3.8, 4) is 28.4 Å². The van der Waals surface area contributed by atoms with Gasteiger partial charge in [-0.05, 0) is 54.0 Å². The number of hydrogen-bond donors (Lipinski definition) is 2. The number of hydrogen-bond acceptors (Lipinski definition) is 11. The number of ether oxygens (including phenoxy) is 3. The van der Waals surface area contributed by atoms with E-state index < -0.39 is 0 Å². The quantitative estimate of drug-likeness (QED) is 0.258. The summed E-state index contributed by atoms with van der Waals surface area (Å²) in [6.45, 7) is 7.66. The van der Waals surface area contributed by atoms with Gasteiger partial charge in [0.1, 0.15) is 24.8 Å². The van der Waals surface area contributed by atoms with Gasteiger partial charge in [0, 0.05) is 99.4 Å². The Kier molecular flexibility index (Phi) is 8.87. The molecule has 5 heterocycles. The number of nitrogens with one attached hydrogen (secondary N) is 2. The maximum absolute atomic E-state index is 5.94. The molecule has 2 fully saturated rings. The Morgan fingerprint density at radius 1 is 0.913 bits per heavy atom. The van der Waals surface area contributed by atoms with Crippen LogP contribution in [0.3, 0.4) is 0 Å². The van der Waals surface area contributed by atoms with Crippen molar-refractivity contribution in [3.05, 3.63) is 53.4 Å². The molecule has 12 nitrogen and oxygen atoms in total. The molecule has 3 aliphatic rings. The van der Waals surface area contributed by atoms with Gasteiger partial charge >= 0.3 is 0 Å². The minimum absolute atomic E-state index is 0.430. The topological polar surface area (TPSA) is 105 Å². The summed E-state index contributed by atoms with van der Waals surface area (Å²) in [5, 5.41) is 11.3. The number of rotatable bonds is 8. The Balaban J connectivity index is 1.14. The summed E-state index contributed by atoms with van der Waals surface area (Å²) >= 11 is 3.59. The Hall–Kier alpha value is -4.07. The third-order valence-electron chi connectivity index (χ3n) is 8.99. The first-order valence-corrected chi connectivity index (χ1v) is 16.6. The molecule has 0 aliphatic carbocycles. The Labute approximate surface area is 277 Å². The van der Waals surface area contributed by atoms with Gasteiger partial charge in [0.25, 0.3) is 0 Å². The molecule has 0 bridgehead atoms. The van der Waals surface area contributed by atoms with Crippen molar-refractivity contribution in [2.45, 2.75) is 18.9 Å². The standard InChI is InChI=1S/C33H40BrN9O3/c1-40-10-12-42(13-11-40)24-6-8-43(9-7-24)28-18-30(44-3)27(17-25(28)22-19-36-41(2)21-22)38-33-35-20-26(34)32(39-33)37-23-4-5-29-31(16-23)46-15-14-45-29/h4-5,16-21,24H,6-15H2,1-3H3,(H2,35,37,38,39). The lowest BCUT2D eigenvalue weighted by atomic mass is 9.98. The zero-order chi connectivity index (χ0) is 31.6. The van der Waals surface area contributed by atoms with Crippen LogP contribution in [-0.2, 0) is 7.05 Å². The van der Waals surface area contributed by atoms with Crippen molar-refractivity contribution in [1.29, 1.82) is 0 Å². The predicted octanol–water partition coefficient (Wildman–Crippen LogP) is 5.12. The summed E-state index contributed by atoms with van der Waals surface area (Å²) in [4.78, 5) is 16.9. The third-order valence-corrected chi connectivity index (χ3v) is 9.57. The fourth-order valence-electron chi connectivity index (χ4n) is 6.44. The van der Waals surface area contributed by atoms with Crippen molar-refractivity contribution in [2.75, 3.05) is 82.2 Å². The van der Waals surface area contributed by atoms with Crippen LogP contribution in [0.2, 0.25) is 0 Å². The molecule has 2 aromatic carbocycles. The number of halogens is 1. The molecule has 3 aliphatic heterocycles. The molecule has 2 saturated heterocycles. The fourth-order valence-corrected chi connectivity index (χ4v) is 6.73. The van der Waals surface area contributed by atoms with Crippen LogP contribution in [0, 0.1) is 0 Å². The fraction of sp³-hybridized carbons (Fsp3) is 0.424. The van der Waals surface area contributed by atoms with Crippen LogP contribution in [0.15, 0.2) is 53.4 Å². The minimum Gasteiger partial charge on any atom is -0.494 e. The molecule has 7 rings (SSSR count). The lowest BCUT2D eigenvalue weighted by molar-refractivity contribution is 0.0982. The van der Waals surface area contributed by atoms with Gasteiger partial charge in [-0.2, -0.15) is 10.1 Å². The van der Waals surface area contributed by atoms with Crippen LogP contribution in [0.5, 0.6) is 17.2 Å². The molecule has 0 spiro atoms. The highest BCUT2D eigenvalue weighted by atomic mass is 79.9. The highest BCUT2D eigenvalue weighted by molar-refractivity contribution is 9.10. The number of piperidine rings is 1. The lowest BCUT2D eigenvalue weighted by Gasteiger charge is -2.43. The SMILES string of the molecule is COc1cc(N2CCC(N3CCN(C)CC3)CC2)c(-c2cnn(C)c2)cc1Nc1ncc(Br)c(Nc2ccc3c(c2)OCCO3)n1. The second-order valence-corrected chi connectivity index (χ2v) is 12.9. The monoisotopic (exact) mass is 689 g/mol. The molecule has 0 unspecified atom stereocenters. The van der Waals surface area contributed by atoms with E-state index in [0.29, 0.717) is 36.8 Å². The van der Waals surface area contributed by atoms with E-state index in [1.165, 1.54) is 0 Å². The molecule has 0 radical (unpaired) electrons. The second kappa shape index (κ2) is 13.3. The van der Waals surface area contributed by atoms with Gasteiger partial charge in [-0.1, -0.05) is 0 Å². The Bertz CT molecular complexity index is 1680. The van der Waals surface area contributed by atoms with E-state index in [-0.39, 0.29) is 0 Å². The largest absolute Gasteiger partial charge is 0.494 e. The van der Waals surface area contributed by atoms with Crippen LogP contribution in [0.25, 0.3) is 11.1 Å². The average Bonchev–Trinajstić information content (AvgIpc) is 3.52. The van der Waals surface area contributed by atoms with E-state index in [1.807, 2.05) is 36.1 Å². The number of aryl methyl sites for hydroxylation is 1. The smallest absolute Gasteiger partial charge is 0.229 e. The molecule has 13 heteroatoms. The van der Waals surface area contributed by atoms with Gasteiger partial charge in [-0.25, -0.2) is 4.98 Å². The number of benzene rings is 2. The van der Waals surface area contributed by atoms with Crippen molar-refractivity contribution >= 4 is 44.8 Å². The molecule has 0 atom stereocenters. The summed E-state index contributed by atoms with van der Waals surface area (Å²) in [5.74, 6) is 3.20. The van der Waals surface area contributed by atoms with Gasteiger partial charge in [-0.3, -0.25) is 9.58 Å². The van der Waals surface area contributed by atoms with Gasteiger partial charge in [0.15, 0.2) is 11.5 Å². The normalized spacial score (nSPS) is 17.6.